The topological polar surface area (TPSA) is 56.2 Å². The van der Waals surface area contributed by atoms with E-state index in [-0.39, 0.29) is 11.7 Å². The summed E-state index contributed by atoms with van der Waals surface area (Å²) in [5.41, 5.74) is 2.93. The molecule has 0 aliphatic heterocycles. The van der Waals surface area contributed by atoms with Crippen molar-refractivity contribution in [2.24, 2.45) is 0 Å². The summed E-state index contributed by atoms with van der Waals surface area (Å²) in [6, 6.07) is 24.1. The third-order valence-electron chi connectivity index (χ3n) is 4.80. The average Bonchev–Trinajstić information content (AvgIpc) is 3.20. The molecule has 6 heteroatoms. The molecule has 1 heterocycles. The first-order valence-corrected chi connectivity index (χ1v) is 10.7. The summed E-state index contributed by atoms with van der Waals surface area (Å²) in [4.78, 5) is 17.2. The number of rotatable bonds is 8. The van der Waals surface area contributed by atoms with Crippen LogP contribution in [0.3, 0.4) is 0 Å². The number of fused-ring (bicyclic) bond motifs is 1. The number of nitrogens with zero attached hydrogens (tertiary/aromatic N) is 2. The number of hydrogen-bond donors (Lipinski definition) is 1. The first-order valence-electron chi connectivity index (χ1n) is 9.76. The predicted molar refractivity (Wildman–Crippen MR) is 123 cm³/mol. The van der Waals surface area contributed by atoms with Crippen LogP contribution in [0.4, 0.5) is 5.69 Å². The highest BCUT2D eigenvalue weighted by atomic mass is 32.2. The van der Waals surface area contributed by atoms with Crippen LogP contribution >= 0.6 is 11.8 Å². The molecule has 1 N–H and O–H groups in total. The van der Waals surface area contributed by atoms with Crippen molar-refractivity contribution in [3.63, 3.8) is 0 Å². The maximum atomic E-state index is 12.6. The minimum Gasteiger partial charge on any atom is -0.383 e. The van der Waals surface area contributed by atoms with Crippen LogP contribution in [0.25, 0.3) is 22.0 Å². The first kappa shape index (κ1) is 20.2. The van der Waals surface area contributed by atoms with E-state index in [0.717, 1.165) is 32.9 Å². The zero-order valence-electron chi connectivity index (χ0n) is 16.7. The van der Waals surface area contributed by atoms with Crippen LogP contribution in [0, 0.1) is 0 Å². The fourth-order valence-corrected chi connectivity index (χ4v) is 4.17. The summed E-state index contributed by atoms with van der Waals surface area (Å²) in [5, 5.41) is 5.98. The van der Waals surface area contributed by atoms with Crippen molar-refractivity contribution in [1.29, 1.82) is 0 Å². The second kappa shape index (κ2) is 9.61. The highest BCUT2D eigenvalue weighted by Crippen LogP contribution is 2.27. The Hall–Kier alpha value is -3.09. The van der Waals surface area contributed by atoms with Gasteiger partial charge in [0.15, 0.2) is 5.16 Å². The number of ether oxygens (including phenoxy) is 1. The number of anilines is 1. The van der Waals surface area contributed by atoms with Crippen molar-refractivity contribution in [3.8, 4) is 11.3 Å². The normalized spacial score (nSPS) is 11.0. The van der Waals surface area contributed by atoms with E-state index >= 15 is 0 Å². The number of carbonyl (C=O) groups is 1. The molecule has 1 aromatic heterocycles. The fourth-order valence-electron chi connectivity index (χ4n) is 3.36. The highest BCUT2D eigenvalue weighted by molar-refractivity contribution is 7.99. The molecule has 0 fully saturated rings. The molecule has 152 valence electrons. The lowest BCUT2D eigenvalue weighted by Gasteiger charge is -2.12. The monoisotopic (exact) mass is 417 g/mol. The smallest absolute Gasteiger partial charge is 0.234 e. The van der Waals surface area contributed by atoms with Gasteiger partial charge in [-0.3, -0.25) is 4.79 Å². The van der Waals surface area contributed by atoms with Crippen LogP contribution in [0.5, 0.6) is 0 Å². The number of aromatic nitrogens is 2. The Morgan fingerprint density at radius 3 is 2.63 bits per heavy atom. The lowest BCUT2D eigenvalue weighted by molar-refractivity contribution is -0.113. The van der Waals surface area contributed by atoms with Crippen LogP contribution in [0.2, 0.25) is 0 Å². The number of hydrogen-bond acceptors (Lipinski definition) is 4. The Kier molecular flexibility index (Phi) is 6.47. The summed E-state index contributed by atoms with van der Waals surface area (Å²) < 4.78 is 7.38. The molecule has 5 nitrogen and oxygen atoms in total. The molecule has 4 rings (SSSR count). The van der Waals surface area contributed by atoms with Gasteiger partial charge in [-0.05, 0) is 17.0 Å². The molecule has 3 aromatic carbocycles. The molecule has 0 unspecified atom stereocenters. The zero-order chi connectivity index (χ0) is 20.8. The second-order valence-electron chi connectivity index (χ2n) is 6.80. The number of methoxy groups -OCH3 is 1. The van der Waals surface area contributed by atoms with Gasteiger partial charge >= 0.3 is 0 Å². The van der Waals surface area contributed by atoms with Crippen LogP contribution in [-0.2, 0) is 16.1 Å². The van der Waals surface area contributed by atoms with E-state index in [0.29, 0.717) is 13.2 Å². The molecule has 0 bridgehead atoms. The van der Waals surface area contributed by atoms with Gasteiger partial charge in [-0.15, -0.1) is 0 Å². The first-order chi connectivity index (χ1) is 14.8. The summed E-state index contributed by atoms with van der Waals surface area (Å²) in [6.45, 7) is 1.25. The summed E-state index contributed by atoms with van der Waals surface area (Å²) in [6.07, 6.45) is 1.86. The van der Waals surface area contributed by atoms with Crippen molar-refractivity contribution >= 4 is 34.1 Å². The molecule has 0 spiro atoms. The lowest BCUT2D eigenvalue weighted by Crippen LogP contribution is -2.15. The number of benzene rings is 3. The van der Waals surface area contributed by atoms with Gasteiger partial charge in [-0.1, -0.05) is 78.5 Å². The van der Waals surface area contributed by atoms with E-state index in [4.69, 9.17) is 4.74 Å². The maximum absolute atomic E-state index is 12.6. The zero-order valence-corrected chi connectivity index (χ0v) is 17.6. The van der Waals surface area contributed by atoms with Gasteiger partial charge in [0.2, 0.25) is 5.91 Å². The van der Waals surface area contributed by atoms with Gasteiger partial charge in [0.05, 0.1) is 24.3 Å². The van der Waals surface area contributed by atoms with Gasteiger partial charge in [0, 0.05) is 24.7 Å². The highest BCUT2D eigenvalue weighted by Gasteiger charge is 2.14. The van der Waals surface area contributed by atoms with Crippen molar-refractivity contribution in [3.05, 3.63) is 79.0 Å². The Bertz CT molecular complexity index is 1140. The Balaban J connectivity index is 1.49. The van der Waals surface area contributed by atoms with E-state index in [1.54, 1.807) is 7.11 Å². The van der Waals surface area contributed by atoms with E-state index < -0.39 is 0 Å². The van der Waals surface area contributed by atoms with E-state index in [1.165, 1.54) is 11.8 Å². The molecule has 0 aliphatic rings. The van der Waals surface area contributed by atoms with Crippen LogP contribution in [0.15, 0.2) is 84.1 Å². The van der Waals surface area contributed by atoms with Gasteiger partial charge < -0.3 is 14.6 Å². The third-order valence-corrected chi connectivity index (χ3v) is 5.79. The van der Waals surface area contributed by atoms with Gasteiger partial charge in [0.25, 0.3) is 0 Å². The van der Waals surface area contributed by atoms with E-state index in [1.807, 2.05) is 66.9 Å². The number of nitrogens with one attached hydrogen (secondary N) is 1. The second-order valence-corrected chi connectivity index (χ2v) is 7.74. The van der Waals surface area contributed by atoms with Gasteiger partial charge in [-0.25, -0.2) is 4.98 Å². The SMILES string of the molecule is COCCn1c(-c2ccccc2)cnc1SCC(=O)Nc1cccc2ccccc12. The lowest BCUT2D eigenvalue weighted by atomic mass is 10.1. The molecule has 30 heavy (non-hydrogen) atoms. The predicted octanol–water partition coefficient (Wildman–Crippen LogP) is 5.08. The molecule has 0 saturated carbocycles. The average molecular weight is 418 g/mol. The molecule has 0 saturated heterocycles. The van der Waals surface area contributed by atoms with Crippen molar-refractivity contribution in [1.82, 2.24) is 9.55 Å². The standard InChI is InChI=1S/C24H23N3O2S/c1-29-15-14-27-22(19-9-3-2-4-10-19)16-25-24(27)30-17-23(28)26-21-13-7-11-18-8-5-6-12-20(18)21/h2-13,16H,14-15,17H2,1H3,(H,26,28). The number of thioether (sulfide) groups is 1. The minimum atomic E-state index is -0.0566. The van der Waals surface area contributed by atoms with Gasteiger partial charge in [0.1, 0.15) is 0 Å². The maximum Gasteiger partial charge on any atom is 0.234 e. The number of imidazole rings is 1. The minimum absolute atomic E-state index is 0.0566. The Morgan fingerprint density at radius 1 is 1.03 bits per heavy atom. The van der Waals surface area contributed by atoms with Crippen molar-refractivity contribution < 1.29 is 9.53 Å². The molecule has 0 radical (unpaired) electrons. The van der Waals surface area contributed by atoms with E-state index in [9.17, 15) is 4.79 Å². The summed E-state index contributed by atoms with van der Waals surface area (Å²) >= 11 is 1.43. The summed E-state index contributed by atoms with van der Waals surface area (Å²) in [5.74, 6) is 0.223. The van der Waals surface area contributed by atoms with E-state index in [2.05, 4.69) is 27.0 Å². The number of carbonyl (C=O) groups excluding carboxylic acids is 1. The molecule has 0 atom stereocenters. The fraction of sp³-hybridized carbons (Fsp3) is 0.167. The molecular weight excluding hydrogens is 394 g/mol. The largest absolute Gasteiger partial charge is 0.383 e. The van der Waals surface area contributed by atoms with Crippen LogP contribution in [-0.4, -0.2) is 34.9 Å². The Labute approximate surface area is 180 Å². The quantitative estimate of drug-likeness (QED) is 0.406. The van der Waals surface area contributed by atoms with Crippen LogP contribution < -0.4 is 5.32 Å². The summed E-state index contributed by atoms with van der Waals surface area (Å²) in [7, 11) is 1.68. The third kappa shape index (κ3) is 4.56. The molecule has 4 aromatic rings. The van der Waals surface area contributed by atoms with Crippen molar-refractivity contribution in [2.75, 3.05) is 24.8 Å². The molecule has 0 aliphatic carbocycles. The number of amides is 1. The molecular formula is C24H23N3O2S. The van der Waals surface area contributed by atoms with Gasteiger partial charge in [-0.2, -0.15) is 0 Å². The van der Waals surface area contributed by atoms with Crippen molar-refractivity contribution in [2.45, 2.75) is 11.7 Å². The van der Waals surface area contributed by atoms with Crippen LogP contribution in [0.1, 0.15) is 0 Å². The molecule has 1 amide bonds. The Morgan fingerprint density at radius 2 is 1.80 bits per heavy atom.